The molecular formula is C13H14Cl2N2O3. The summed E-state index contributed by atoms with van der Waals surface area (Å²) in [4.78, 5) is 22.8. The highest BCUT2D eigenvalue weighted by molar-refractivity contribution is 6.35. The Morgan fingerprint density at radius 2 is 2.05 bits per heavy atom. The van der Waals surface area contributed by atoms with Crippen molar-refractivity contribution in [2.45, 2.75) is 13.3 Å². The van der Waals surface area contributed by atoms with Crippen molar-refractivity contribution in [3.8, 4) is 0 Å². The van der Waals surface area contributed by atoms with Gasteiger partial charge in [0, 0.05) is 16.5 Å². The van der Waals surface area contributed by atoms with Gasteiger partial charge in [-0.1, -0.05) is 29.3 Å². The van der Waals surface area contributed by atoms with Gasteiger partial charge in [-0.05, 0) is 24.6 Å². The van der Waals surface area contributed by atoms with Gasteiger partial charge in [-0.2, -0.15) is 5.10 Å². The first-order valence-electron chi connectivity index (χ1n) is 5.75. The normalized spacial score (nSPS) is 11.1. The number of nitrogens with zero attached hydrogens (tertiary/aromatic N) is 1. The summed E-state index contributed by atoms with van der Waals surface area (Å²) in [7, 11) is 1.26. The molecule has 1 rings (SSSR count). The van der Waals surface area contributed by atoms with E-state index < -0.39 is 5.97 Å². The van der Waals surface area contributed by atoms with E-state index in [2.05, 4.69) is 15.3 Å². The number of halogens is 2. The van der Waals surface area contributed by atoms with Gasteiger partial charge in [-0.3, -0.25) is 4.79 Å². The second-order valence-electron chi connectivity index (χ2n) is 3.97. The quantitative estimate of drug-likeness (QED) is 0.496. The minimum atomic E-state index is -0.550. The molecule has 5 nitrogen and oxygen atoms in total. The average molecular weight is 317 g/mol. The first-order valence-corrected chi connectivity index (χ1v) is 6.50. The molecule has 0 saturated heterocycles. The van der Waals surface area contributed by atoms with Crippen molar-refractivity contribution in [2.24, 2.45) is 5.10 Å². The summed E-state index contributed by atoms with van der Waals surface area (Å²) >= 11 is 11.7. The fraction of sp³-hybridized carbons (Fsp3) is 0.308. The fourth-order valence-corrected chi connectivity index (χ4v) is 1.85. The number of carbonyl (C=O) groups is 2. The Balaban J connectivity index is 2.50. The van der Waals surface area contributed by atoms with Gasteiger partial charge in [0.2, 0.25) is 0 Å². The number of methoxy groups -OCH3 is 1. The van der Waals surface area contributed by atoms with E-state index in [1.807, 2.05) is 0 Å². The second-order valence-corrected chi connectivity index (χ2v) is 4.82. The van der Waals surface area contributed by atoms with Crippen molar-refractivity contribution >= 4 is 40.7 Å². The lowest BCUT2D eigenvalue weighted by molar-refractivity contribution is -0.132. The Hall–Kier alpha value is -1.59. The Morgan fingerprint density at radius 1 is 1.35 bits per heavy atom. The highest BCUT2D eigenvalue weighted by atomic mass is 35.5. The van der Waals surface area contributed by atoms with Crippen LogP contribution >= 0.6 is 23.2 Å². The number of esters is 1. The predicted octanol–water partition coefficient (Wildman–Crippen LogP) is 2.24. The molecule has 0 aromatic heterocycles. The smallest absolute Gasteiger partial charge is 0.353 e. The molecule has 0 heterocycles. The molecule has 0 bridgehead atoms. The number of carbonyl (C=O) groups excluding carboxylic acids is 2. The highest BCUT2D eigenvalue weighted by Crippen LogP contribution is 2.21. The van der Waals surface area contributed by atoms with E-state index in [0.29, 0.717) is 15.6 Å². The average Bonchev–Trinajstić information content (AvgIpc) is 2.41. The summed E-state index contributed by atoms with van der Waals surface area (Å²) in [5.41, 5.74) is 3.35. The van der Waals surface area contributed by atoms with Gasteiger partial charge in [0.25, 0.3) is 0 Å². The van der Waals surface area contributed by atoms with Crippen molar-refractivity contribution in [3.63, 3.8) is 0 Å². The number of Topliss-reactive ketones (excluding diaryl/α,β-unsaturated/α-hetero) is 1. The van der Waals surface area contributed by atoms with Gasteiger partial charge in [-0.15, -0.1) is 0 Å². The maximum absolute atomic E-state index is 11.7. The zero-order valence-electron chi connectivity index (χ0n) is 11.1. The third-order valence-electron chi connectivity index (χ3n) is 2.41. The summed E-state index contributed by atoms with van der Waals surface area (Å²) in [5, 5.41) is 4.69. The summed E-state index contributed by atoms with van der Waals surface area (Å²) in [6.07, 6.45) is 0.162. The van der Waals surface area contributed by atoms with Crippen LogP contribution in [0, 0.1) is 0 Å². The molecule has 0 aliphatic carbocycles. The third kappa shape index (κ3) is 5.19. The molecule has 7 heteroatoms. The lowest BCUT2D eigenvalue weighted by Gasteiger charge is -2.05. The van der Waals surface area contributed by atoms with Crippen LogP contribution in [0.2, 0.25) is 10.0 Å². The molecule has 1 N–H and O–H groups in total. The molecule has 0 radical (unpaired) electrons. The van der Waals surface area contributed by atoms with Crippen LogP contribution in [0.4, 0.5) is 0 Å². The Bertz CT molecular complexity index is 544. The van der Waals surface area contributed by atoms with Crippen molar-refractivity contribution in [2.75, 3.05) is 13.7 Å². The first-order chi connectivity index (χ1) is 9.43. The molecule has 0 spiro atoms. The van der Waals surface area contributed by atoms with Crippen molar-refractivity contribution in [3.05, 3.63) is 33.8 Å². The second kappa shape index (κ2) is 7.87. The Labute approximate surface area is 126 Å². The predicted molar refractivity (Wildman–Crippen MR) is 78.3 cm³/mol. The van der Waals surface area contributed by atoms with Gasteiger partial charge in [0.05, 0.1) is 13.7 Å². The van der Waals surface area contributed by atoms with Crippen LogP contribution < -0.4 is 5.43 Å². The topological polar surface area (TPSA) is 67.8 Å². The number of hydrogen-bond acceptors (Lipinski definition) is 5. The van der Waals surface area contributed by atoms with Crippen LogP contribution in [0.5, 0.6) is 0 Å². The molecule has 20 heavy (non-hydrogen) atoms. The van der Waals surface area contributed by atoms with E-state index in [9.17, 15) is 9.59 Å². The van der Waals surface area contributed by atoms with Crippen molar-refractivity contribution in [1.82, 2.24) is 5.43 Å². The third-order valence-corrected chi connectivity index (χ3v) is 2.99. The molecule has 0 amide bonds. The maximum Gasteiger partial charge on any atom is 0.353 e. The summed E-state index contributed by atoms with van der Waals surface area (Å²) in [6, 6.07) is 4.95. The lowest BCUT2D eigenvalue weighted by Crippen LogP contribution is -2.23. The van der Waals surface area contributed by atoms with E-state index in [-0.39, 0.29) is 24.5 Å². The number of hydrazone groups is 1. The maximum atomic E-state index is 11.7. The monoisotopic (exact) mass is 316 g/mol. The number of hydrogen-bond donors (Lipinski definition) is 1. The Kier molecular flexibility index (Phi) is 6.48. The van der Waals surface area contributed by atoms with Crippen molar-refractivity contribution in [1.29, 1.82) is 0 Å². The summed E-state index contributed by atoms with van der Waals surface area (Å²) < 4.78 is 4.47. The molecule has 0 fully saturated rings. The minimum absolute atomic E-state index is 0.00666. The zero-order valence-corrected chi connectivity index (χ0v) is 12.6. The number of rotatable bonds is 6. The summed E-state index contributed by atoms with van der Waals surface area (Å²) in [6.45, 7) is 1.48. The SMILES string of the molecule is COC(=O)/C(C)=N\NCC(=O)Cc1ccc(Cl)cc1Cl. The van der Waals surface area contributed by atoms with Gasteiger partial charge < -0.3 is 10.2 Å². The number of nitrogens with one attached hydrogen (secondary N) is 1. The van der Waals surface area contributed by atoms with Gasteiger partial charge in [0.1, 0.15) is 5.71 Å². The molecule has 0 aliphatic heterocycles. The van der Waals surface area contributed by atoms with E-state index in [4.69, 9.17) is 23.2 Å². The van der Waals surface area contributed by atoms with Crippen molar-refractivity contribution < 1.29 is 14.3 Å². The van der Waals surface area contributed by atoms with Crippen LogP contribution in [-0.2, 0) is 20.7 Å². The zero-order chi connectivity index (χ0) is 15.1. The van der Waals surface area contributed by atoms with E-state index in [1.165, 1.54) is 14.0 Å². The van der Waals surface area contributed by atoms with Crippen LogP contribution in [-0.4, -0.2) is 31.1 Å². The number of benzene rings is 1. The number of ketones is 1. The first kappa shape index (κ1) is 16.5. The molecular weight excluding hydrogens is 303 g/mol. The van der Waals surface area contributed by atoms with E-state index in [0.717, 1.165) is 0 Å². The fourth-order valence-electron chi connectivity index (χ4n) is 1.38. The van der Waals surface area contributed by atoms with Gasteiger partial charge in [-0.25, -0.2) is 4.79 Å². The minimum Gasteiger partial charge on any atom is -0.464 e. The highest BCUT2D eigenvalue weighted by Gasteiger charge is 2.08. The lowest BCUT2D eigenvalue weighted by atomic mass is 10.1. The largest absolute Gasteiger partial charge is 0.464 e. The number of ether oxygens (including phenoxy) is 1. The van der Waals surface area contributed by atoms with Gasteiger partial charge in [0.15, 0.2) is 5.78 Å². The molecule has 1 aromatic carbocycles. The van der Waals surface area contributed by atoms with Crippen LogP contribution in [0.3, 0.4) is 0 Å². The summed E-state index contributed by atoms with van der Waals surface area (Å²) in [5.74, 6) is -0.665. The standard InChI is InChI=1S/C13H14Cl2N2O3/c1-8(13(19)20-2)17-16-7-11(18)5-9-3-4-10(14)6-12(9)15/h3-4,6,16H,5,7H2,1-2H3/b17-8-. The Morgan fingerprint density at radius 3 is 2.65 bits per heavy atom. The van der Waals surface area contributed by atoms with Crippen LogP contribution in [0.1, 0.15) is 12.5 Å². The molecule has 0 unspecified atom stereocenters. The molecule has 0 atom stereocenters. The molecule has 0 aliphatic rings. The van der Waals surface area contributed by atoms with Crippen LogP contribution in [0.25, 0.3) is 0 Å². The molecule has 108 valence electrons. The molecule has 0 saturated carbocycles. The molecule has 1 aromatic rings. The van der Waals surface area contributed by atoms with E-state index >= 15 is 0 Å². The van der Waals surface area contributed by atoms with E-state index in [1.54, 1.807) is 18.2 Å². The van der Waals surface area contributed by atoms with Gasteiger partial charge >= 0.3 is 5.97 Å². The van der Waals surface area contributed by atoms with Crippen LogP contribution in [0.15, 0.2) is 23.3 Å².